The Morgan fingerprint density at radius 1 is 1.46 bits per heavy atom. The van der Waals surface area contributed by atoms with Gasteiger partial charge in [0.15, 0.2) is 0 Å². The molecule has 4 nitrogen and oxygen atoms in total. The van der Waals surface area contributed by atoms with Crippen molar-refractivity contribution in [1.82, 2.24) is 0 Å². The van der Waals surface area contributed by atoms with Gasteiger partial charge < -0.3 is 5.73 Å². The molecule has 13 heavy (non-hydrogen) atoms. The van der Waals surface area contributed by atoms with Crippen molar-refractivity contribution in [2.24, 2.45) is 0 Å². The minimum Gasteiger partial charge on any atom is -0.399 e. The molecule has 1 rings (SSSR count). The minimum absolute atomic E-state index is 0.0573. The van der Waals surface area contributed by atoms with Crippen molar-refractivity contribution in [2.45, 2.75) is 4.90 Å². The summed E-state index contributed by atoms with van der Waals surface area (Å²) in [5.74, 6) is 0. The summed E-state index contributed by atoms with van der Waals surface area (Å²) in [6, 6.07) is 4.10. The summed E-state index contributed by atoms with van der Waals surface area (Å²) in [5.41, 5.74) is 5.79. The van der Waals surface area contributed by atoms with Gasteiger partial charge >= 0.3 is 0 Å². The number of rotatable bonds is 2. The van der Waals surface area contributed by atoms with Crippen LogP contribution in [0.25, 0.3) is 0 Å². The molecule has 2 N–H and O–H groups in total. The molecule has 0 aliphatic carbocycles. The average molecular weight is 222 g/mol. The Morgan fingerprint density at radius 2 is 2.08 bits per heavy atom. The van der Waals surface area contributed by atoms with E-state index in [-0.39, 0.29) is 9.92 Å². The molecule has 0 heterocycles. The Bertz CT molecular complexity index is 416. The molecule has 1 aromatic carbocycles. The van der Waals surface area contributed by atoms with Crippen LogP contribution in [0.5, 0.6) is 0 Å². The quantitative estimate of drug-likeness (QED) is 0.603. The van der Waals surface area contributed by atoms with Crippen LogP contribution >= 0.6 is 11.6 Å². The first-order valence-corrected chi connectivity index (χ1v) is 5.11. The predicted molar refractivity (Wildman–Crippen MR) is 50.1 cm³/mol. The molecule has 0 radical (unpaired) electrons. The molecule has 1 aromatic rings. The van der Waals surface area contributed by atoms with Gasteiger partial charge in [-0.15, -0.1) is 0 Å². The van der Waals surface area contributed by atoms with E-state index in [1.165, 1.54) is 18.2 Å². The normalized spacial score (nSPS) is 11.5. The first-order valence-electron chi connectivity index (χ1n) is 3.33. The zero-order valence-corrected chi connectivity index (χ0v) is 8.39. The van der Waals surface area contributed by atoms with Gasteiger partial charge in [0, 0.05) is 5.69 Å². The molecule has 0 saturated heterocycles. The van der Waals surface area contributed by atoms with Crippen LogP contribution in [0.15, 0.2) is 23.1 Å². The standard InChI is InChI=1S/C7H8ClNO3S/c1-12-13(10,11)7-3-2-5(9)4-6(7)8/h2-4H,9H2,1H3. The third-order valence-electron chi connectivity index (χ3n) is 1.44. The molecule has 0 unspecified atom stereocenters. The number of halogens is 1. The molecule has 0 aliphatic rings. The number of anilines is 1. The highest BCUT2D eigenvalue weighted by molar-refractivity contribution is 7.86. The largest absolute Gasteiger partial charge is 0.399 e. The Labute approximate surface area is 81.4 Å². The van der Waals surface area contributed by atoms with Crippen LogP contribution in [0.4, 0.5) is 5.69 Å². The second-order valence-electron chi connectivity index (χ2n) is 2.31. The van der Waals surface area contributed by atoms with Crippen LogP contribution in [-0.2, 0) is 14.3 Å². The molecule has 0 aliphatic heterocycles. The van der Waals surface area contributed by atoms with Crippen molar-refractivity contribution in [3.8, 4) is 0 Å². The van der Waals surface area contributed by atoms with Crippen molar-refractivity contribution >= 4 is 27.4 Å². The monoisotopic (exact) mass is 221 g/mol. The van der Waals surface area contributed by atoms with E-state index in [4.69, 9.17) is 17.3 Å². The summed E-state index contributed by atoms with van der Waals surface area (Å²) in [4.78, 5) is -0.0779. The molecule has 0 spiro atoms. The minimum atomic E-state index is -3.73. The fourth-order valence-corrected chi connectivity index (χ4v) is 1.99. The second-order valence-corrected chi connectivity index (χ2v) is 4.40. The van der Waals surface area contributed by atoms with Crippen LogP contribution in [0.1, 0.15) is 0 Å². The van der Waals surface area contributed by atoms with Crippen molar-refractivity contribution in [3.63, 3.8) is 0 Å². The van der Waals surface area contributed by atoms with Crippen LogP contribution in [0, 0.1) is 0 Å². The average Bonchev–Trinajstić information content (AvgIpc) is 2.03. The fraction of sp³-hybridized carbons (Fsp3) is 0.143. The molecule has 0 aromatic heterocycles. The number of hydrogen-bond acceptors (Lipinski definition) is 4. The van der Waals surface area contributed by atoms with E-state index in [0.29, 0.717) is 5.69 Å². The van der Waals surface area contributed by atoms with E-state index in [1.807, 2.05) is 0 Å². The Hall–Kier alpha value is -0.780. The third kappa shape index (κ3) is 2.12. The third-order valence-corrected chi connectivity index (χ3v) is 3.20. The maximum absolute atomic E-state index is 11.2. The molecule has 0 amide bonds. The predicted octanol–water partition coefficient (Wildman–Crippen LogP) is 1.26. The number of benzene rings is 1. The van der Waals surface area contributed by atoms with E-state index in [1.54, 1.807) is 0 Å². The molecule has 6 heteroatoms. The van der Waals surface area contributed by atoms with Crippen molar-refractivity contribution in [2.75, 3.05) is 12.8 Å². The summed E-state index contributed by atoms with van der Waals surface area (Å²) in [7, 11) is -2.66. The number of hydrogen-bond donors (Lipinski definition) is 1. The summed E-state index contributed by atoms with van der Waals surface area (Å²) < 4.78 is 26.7. The van der Waals surface area contributed by atoms with Gasteiger partial charge in [0.1, 0.15) is 4.90 Å². The van der Waals surface area contributed by atoms with E-state index >= 15 is 0 Å². The van der Waals surface area contributed by atoms with E-state index < -0.39 is 10.1 Å². The molecular formula is C7H8ClNO3S. The molecule has 0 bridgehead atoms. The molecule has 0 fully saturated rings. The maximum atomic E-state index is 11.2. The first-order chi connectivity index (χ1) is 5.97. The highest BCUT2D eigenvalue weighted by Crippen LogP contribution is 2.24. The van der Waals surface area contributed by atoms with E-state index in [0.717, 1.165) is 7.11 Å². The lowest BCUT2D eigenvalue weighted by Crippen LogP contribution is -2.03. The summed E-state index contributed by atoms with van der Waals surface area (Å²) in [5, 5.41) is 0.0573. The Morgan fingerprint density at radius 3 is 2.54 bits per heavy atom. The molecule has 72 valence electrons. The number of nitrogens with two attached hydrogens (primary N) is 1. The second kappa shape index (κ2) is 3.53. The zero-order chi connectivity index (χ0) is 10.1. The summed E-state index contributed by atoms with van der Waals surface area (Å²) >= 11 is 5.65. The molecule has 0 atom stereocenters. The lowest BCUT2D eigenvalue weighted by molar-refractivity contribution is 0.398. The molecular weight excluding hydrogens is 214 g/mol. The summed E-state index contributed by atoms with van der Waals surface area (Å²) in [6.45, 7) is 0. The number of nitrogen functional groups attached to an aromatic ring is 1. The van der Waals surface area contributed by atoms with Crippen LogP contribution in [-0.4, -0.2) is 15.5 Å². The van der Waals surface area contributed by atoms with Gasteiger partial charge in [0.05, 0.1) is 12.1 Å². The molecule has 0 saturated carbocycles. The van der Waals surface area contributed by atoms with E-state index in [2.05, 4.69) is 4.18 Å². The van der Waals surface area contributed by atoms with Crippen LogP contribution in [0.3, 0.4) is 0 Å². The van der Waals surface area contributed by atoms with Crippen LogP contribution in [0.2, 0.25) is 5.02 Å². The van der Waals surface area contributed by atoms with Crippen molar-refractivity contribution < 1.29 is 12.6 Å². The van der Waals surface area contributed by atoms with Gasteiger partial charge in [-0.1, -0.05) is 11.6 Å². The smallest absolute Gasteiger partial charge is 0.298 e. The SMILES string of the molecule is COS(=O)(=O)c1ccc(N)cc1Cl. The van der Waals surface area contributed by atoms with Gasteiger partial charge in [-0.25, -0.2) is 0 Å². The Kier molecular flexibility index (Phi) is 2.80. The fourth-order valence-electron chi connectivity index (χ4n) is 0.810. The van der Waals surface area contributed by atoms with Gasteiger partial charge in [-0.2, -0.15) is 8.42 Å². The summed E-state index contributed by atoms with van der Waals surface area (Å²) in [6.07, 6.45) is 0. The van der Waals surface area contributed by atoms with Crippen molar-refractivity contribution in [1.29, 1.82) is 0 Å². The highest BCUT2D eigenvalue weighted by atomic mass is 35.5. The van der Waals surface area contributed by atoms with Gasteiger partial charge in [0.25, 0.3) is 10.1 Å². The van der Waals surface area contributed by atoms with Gasteiger partial charge in [-0.3, -0.25) is 4.18 Å². The van der Waals surface area contributed by atoms with Crippen LogP contribution < -0.4 is 5.73 Å². The lowest BCUT2D eigenvalue weighted by Gasteiger charge is -2.03. The Balaban J connectivity index is 3.33. The van der Waals surface area contributed by atoms with Crippen molar-refractivity contribution in [3.05, 3.63) is 23.2 Å². The van der Waals surface area contributed by atoms with Gasteiger partial charge in [0.2, 0.25) is 0 Å². The zero-order valence-electron chi connectivity index (χ0n) is 6.82. The lowest BCUT2D eigenvalue weighted by atomic mass is 10.3. The first kappa shape index (κ1) is 10.3. The highest BCUT2D eigenvalue weighted by Gasteiger charge is 2.16. The topological polar surface area (TPSA) is 69.4 Å². The maximum Gasteiger partial charge on any atom is 0.298 e. The van der Waals surface area contributed by atoms with Gasteiger partial charge in [-0.05, 0) is 18.2 Å². The van der Waals surface area contributed by atoms with E-state index in [9.17, 15) is 8.42 Å².